The number of Topliss-reactive ketones (excluding diaryl/α,β-unsaturated/α-hetero) is 1. The van der Waals surface area contributed by atoms with Gasteiger partial charge in [0.25, 0.3) is 0 Å². The number of carbonyl (C=O) groups is 3. The molecule has 9 heteroatoms. The van der Waals surface area contributed by atoms with E-state index >= 15 is 0 Å². The maximum absolute atomic E-state index is 13.5. The molecule has 0 radical (unpaired) electrons. The van der Waals surface area contributed by atoms with Crippen LogP contribution in [0.5, 0.6) is 11.5 Å². The third-order valence-corrected chi connectivity index (χ3v) is 6.47. The van der Waals surface area contributed by atoms with E-state index in [1.54, 1.807) is 38.1 Å². The summed E-state index contributed by atoms with van der Waals surface area (Å²) in [5, 5.41) is 3.25. The van der Waals surface area contributed by atoms with Gasteiger partial charge in [0.15, 0.2) is 23.9 Å². The lowest BCUT2D eigenvalue weighted by molar-refractivity contribution is -0.145. The Balaban J connectivity index is 1.84. The molecule has 2 aliphatic rings. The highest BCUT2D eigenvalue weighted by Crippen LogP contribution is 2.49. The van der Waals surface area contributed by atoms with Crippen LogP contribution < -0.4 is 14.8 Å². The number of hydrogen-bond donors (Lipinski definition) is 1. The fourth-order valence-electron chi connectivity index (χ4n) is 4.42. The van der Waals surface area contributed by atoms with E-state index < -0.39 is 17.9 Å². The SMILES string of the molecule is CCOC(=O)COc1c(Br)cc([C@@H]2C(C(=O)OC)=C(C)NC3=C2C(=O)c2ccccc23)cc1OC. The van der Waals surface area contributed by atoms with Gasteiger partial charge in [-0.05, 0) is 47.5 Å². The van der Waals surface area contributed by atoms with Gasteiger partial charge in [0.1, 0.15) is 0 Å². The van der Waals surface area contributed by atoms with E-state index in [9.17, 15) is 14.4 Å². The highest BCUT2D eigenvalue weighted by molar-refractivity contribution is 9.10. The molecule has 0 aromatic heterocycles. The molecule has 0 spiro atoms. The second-order valence-corrected chi connectivity index (χ2v) is 8.73. The van der Waals surface area contributed by atoms with Crippen molar-refractivity contribution in [3.63, 3.8) is 0 Å². The minimum Gasteiger partial charge on any atom is -0.493 e. The zero-order valence-corrected chi connectivity index (χ0v) is 21.3. The molecule has 0 bridgehead atoms. The fourth-order valence-corrected chi connectivity index (χ4v) is 5.00. The monoisotopic (exact) mass is 541 g/mol. The Bertz CT molecular complexity index is 1290. The normalized spacial score (nSPS) is 16.4. The Morgan fingerprint density at radius 3 is 2.49 bits per heavy atom. The number of ketones is 1. The largest absolute Gasteiger partial charge is 0.493 e. The van der Waals surface area contributed by atoms with Crippen molar-refractivity contribution in [2.24, 2.45) is 0 Å². The average molecular weight is 542 g/mol. The van der Waals surface area contributed by atoms with Crippen molar-refractivity contribution in [3.8, 4) is 11.5 Å². The first-order valence-electron chi connectivity index (χ1n) is 10.9. The number of carbonyl (C=O) groups excluding carboxylic acids is 3. The van der Waals surface area contributed by atoms with Gasteiger partial charge < -0.3 is 24.3 Å². The zero-order chi connectivity index (χ0) is 25.3. The molecular weight excluding hydrogens is 518 g/mol. The molecule has 0 saturated carbocycles. The smallest absolute Gasteiger partial charge is 0.344 e. The summed E-state index contributed by atoms with van der Waals surface area (Å²) in [6.45, 7) is 3.43. The summed E-state index contributed by atoms with van der Waals surface area (Å²) in [6.07, 6.45) is 0. The first-order valence-corrected chi connectivity index (χ1v) is 11.7. The van der Waals surface area contributed by atoms with Gasteiger partial charge in [-0.1, -0.05) is 24.3 Å². The van der Waals surface area contributed by atoms with Crippen LogP contribution in [0.2, 0.25) is 0 Å². The summed E-state index contributed by atoms with van der Waals surface area (Å²) in [5.41, 5.74) is 3.98. The minimum absolute atomic E-state index is 0.167. The molecule has 2 aromatic carbocycles. The van der Waals surface area contributed by atoms with Crippen LogP contribution in [0.3, 0.4) is 0 Å². The van der Waals surface area contributed by atoms with Crippen LogP contribution in [0, 0.1) is 0 Å². The maximum atomic E-state index is 13.5. The highest BCUT2D eigenvalue weighted by atomic mass is 79.9. The van der Waals surface area contributed by atoms with E-state index in [-0.39, 0.29) is 19.0 Å². The Kier molecular flexibility index (Phi) is 6.98. The van der Waals surface area contributed by atoms with E-state index in [1.165, 1.54) is 14.2 Å². The quantitative estimate of drug-likeness (QED) is 0.522. The molecule has 1 aliphatic carbocycles. The molecule has 2 aromatic rings. The van der Waals surface area contributed by atoms with Crippen LogP contribution in [0.1, 0.15) is 41.3 Å². The van der Waals surface area contributed by atoms with Crippen molar-refractivity contribution in [3.05, 3.63) is 74.4 Å². The molecule has 8 nitrogen and oxygen atoms in total. The van der Waals surface area contributed by atoms with Crippen molar-refractivity contribution in [2.45, 2.75) is 19.8 Å². The number of halogens is 1. The second kappa shape index (κ2) is 9.95. The van der Waals surface area contributed by atoms with E-state index in [2.05, 4.69) is 21.2 Å². The van der Waals surface area contributed by atoms with E-state index in [4.69, 9.17) is 18.9 Å². The fraction of sp³-hybridized carbons (Fsp3) is 0.269. The van der Waals surface area contributed by atoms with Crippen molar-refractivity contribution >= 4 is 39.3 Å². The van der Waals surface area contributed by atoms with Crippen molar-refractivity contribution < 1.29 is 33.3 Å². The molecule has 182 valence electrons. The van der Waals surface area contributed by atoms with Gasteiger partial charge in [0.2, 0.25) is 0 Å². The number of rotatable bonds is 7. The lowest BCUT2D eigenvalue weighted by Gasteiger charge is -2.29. The number of dihydropyridines is 1. The van der Waals surface area contributed by atoms with Crippen molar-refractivity contribution in [1.82, 2.24) is 5.32 Å². The summed E-state index contributed by atoms with van der Waals surface area (Å²) >= 11 is 3.49. The molecule has 35 heavy (non-hydrogen) atoms. The number of allylic oxidation sites excluding steroid dienone is 2. The van der Waals surface area contributed by atoms with Gasteiger partial charge in [0, 0.05) is 28.3 Å². The third kappa shape index (κ3) is 4.32. The molecule has 0 amide bonds. The predicted octanol–water partition coefficient (Wildman–Crippen LogP) is 4.14. The first kappa shape index (κ1) is 24.5. The number of benzene rings is 2. The standard InChI is InChI=1S/C26H24BrNO7/c1-5-34-19(29)12-35-25-17(27)10-14(11-18(25)32-3)21-20(26(31)33-4)13(2)28-23-15-8-6-7-9-16(15)24(30)22(21)23/h6-11,21,28H,5,12H2,1-4H3/t21-/m1/s1. The topological polar surface area (TPSA) is 100 Å². The Hall–Kier alpha value is -3.59. The highest BCUT2D eigenvalue weighted by Gasteiger charge is 2.43. The third-order valence-electron chi connectivity index (χ3n) is 5.88. The van der Waals surface area contributed by atoms with Crippen LogP contribution in [-0.2, 0) is 19.1 Å². The van der Waals surface area contributed by atoms with Crippen LogP contribution in [0.15, 0.2) is 57.7 Å². The molecule has 0 fully saturated rings. The Morgan fingerprint density at radius 2 is 1.83 bits per heavy atom. The number of ether oxygens (including phenoxy) is 4. The second-order valence-electron chi connectivity index (χ2n) is 7.88. The van der Waals surface area contributed by atoms with E-state index in [0.717, 1.165) is 5.56 Å². The van der Waals surface area contributed by atoms with Gasteiger partial charge in [-0.2, -0.15) is 0 Å². The van der Waals surface area contributed by atoms with Gasteiger partial charge >= 0.3 is 11.9 Å². The first-order chi connectivity index (χ1) is 16.8. The molecule has 4 rings (SSSR count). The van der Waals surface area contributed by atoms with Gasteiger partial charge in [-0.25, -0.2) is 9.59 Å². The maximum Gasteiger partial charge on any atom is 0.344 e. The molecular formula is C26H24BrNO7. The van der Waals surface area contributed by atoms with E-state index in [1.807, 2.05) is 12.1 Å². The summed E-state index contributed by atoms with van der Waals surface area (Å²) in [4.78, 5) is 38.2. The molecule has 0 saturated heterocycles. The van der Waals surface area contributed by atoms with Crippen LogP contribution in [0.4, 0.5) is 0 Å². The number of fused-ring (bicyclic) bond motifs is 2. The summed E-state index contributed by atoms with van der Waals surface area (Å²) in [6, 6.07) is 10.8. The predicted molar refractivity (Wildman–Crippen MR) is 131 cm³/mol. The van der Waals surface area contributed by atoms with Gasteiger partial charge in [-0.3, -0.25) is 4.79 Å². The van der Waals surface area contributed by atoms with Crippen molar-refractivity contribution in [1.29, 1.82) is 0 Å². The van der Waals surface area contributed by atoms with Crippen LogP contribution in [0.25, 0.3) is 5.70 Å². The molecule has 0 unspecified atom stereocenters. The van der Waals surface area contributed by atoms with Crippen molar-refractivity contribution in [2.75, 3.05) is 27.4 Å². The average Bonchev–Trinajstić information content (AvgIpc) is 3.13. The zero-order valence-electron chi connectivity index (χ0n) is 19.7. The number of nitrogens with one attached hydrogen (secondary N) is 1. The van der Waals surface area contributed by atoms with Gasteiger partial charge in [-0.15, -0.1) is 0 Å². The number of hydrogen-bond acceptors (Lipinski definition) is 8. The Labute approximate surface area is 211 Å². The van der Waals surface area contributed by atoms with Crippen LogP contribution >= 0.6 is 15.9 Å². The summed E-state index contributed by atoms with van der Waals surface area (Å²) in [7, 11) is 2.77. The molecule has 1 heterocycles. The van der Waals surface area contributed by atoms with E-state index in [0.29, 0.717) is 49.6 Å². The molecule has 1 aliphatic heterocycles. The minimum atomic E-state index is -0.720. The summed E-state index contributed by atoms with van der Waals surface area (Å²) < 4.78 is 21.7. The number of methoxy groups -OCH3 is 2. The Morgan fingerprint density at radius 1 is 1.11 bits per heavy atom. The van der Waals surface area contributed by atoms with Crippen LogP contribution in [-0.4, -0.2) is 45.2 Å². The molecule has 1 N–H and O–H groups in total. The lowest BCUT2D eigenvalue weighted by Crippen LogP contribution is -2.29. The number of esters is 2. The molecule has 1 atom stereocenters. The van der Waals surface area contributed by atoms with Gasteiger partial charge in [0.05, 0.1) is 36.6 Å². The lowest BCUT2D eigenvalue weighted by atomic mass is 9.79. The summed E-state index contributed by atoms with van der Waals surface area (Å²) in [5.74, 6) is -1.33.